The molecular weight excluding hydrogens is 288 g/mol. The molecule has 0 fully saturated rings. The van der Waals surface area contributed by atoms with Gasteiger partial charge in [0.15, 0.2) is 0 Å². The smallest absolute Gasteiger partial charge is 0.00696 e. The van der Waals surface area contributed by atoms with Gasteiger partial charge in [-0.25, -0.2) is 0 Å². The monoisotopic (exact) mass is 310 g/mol. The highest BCUT2D eigenvalue weighted by Crippen LogP contribution is 2.39. The molecule has 0 bridgehead atoms. The molecular formula is C24H22. The molecule has 0 saturated heterocycles. The standard InChI is InChI=1S/C24H22/c1-15-5-9-19(10-6-15)24-18(4)22-13-16(2)7-11-20(22)21-12-8-17(3)14-23(21)24/h5-14H,1-4H3. The molecule has 118 valence electrons. The Labute approximate surface area is 143 Å². The fourth-order valence-corrected chi connectivity index (χ4v) is 3.73. The first-order chi connectivity index (χ1) is 11.5. The van der Waals surface area contributed by atoms with Gasteiger partial charge in [0.25, 0.3) is 0 Å². The Morgan fingerprint density at radius 1 is 0.458 bits per heavy atom. The highest BCUT2D eigenvalue weighted by molar-refractivity contribution is 6.16. The summed E-state index contributed by atoms with van der Waals surface area (Å²) in [5, 5.41) is 5.41. The van der Waals surface area contributed by atoms with Gasteiger partial charge in [-0.3, -0.25) is 0 Å². The van der Waals surface area contributed by atoms with Gasteiger partial charge in [0, 0.05) is 0 Å². The van der Waals surface area contributed by atoms with Crippen molar-refractivity contribution in [2.45, 2.75) is 27.7 Å². The van der Waals surface area contributed by atoms with E-state index >= 15 is 0 Å². The van der Waals surface area contributed by atoms with Crippen LogP contribution in [-0.4, -0.2) is 0 Å². The maximum Gasteiger partial charge on any atom is -0.00696 e. The van der Waals surface area contributed by atoms with Gasteiger partial charge >= 0.3 is 0 Å². The molecule has 0 atom stereocenters. The van der Waals surface area contributed by atoms with E-state index in [4.69, 9.17) is 0 Å². The van der Waals surface area contributed by atoms with Gasteiger partial charge in [-0.05, 0) is 65.9 Å². The van der Waals surface area contributed by atoms with Crippen molar-refractivity contribution in [3.05, 3.63) is 82.9 Å². The lowest BCUT2D eigenvalue weighted by molar-refractivity contribution is 1.44. The Kier molecular flexibility index (Phi) is 3.42. The molecule has 0 radical (unpaired) electrons. The van der Waals surface area contributed by atoms with E-state index in [9.17, 15) is 0 Å². The molecule has 0 unspecified atom stereocenters. The molecule has 24 heavy (non-hydrogen) atoms. The maximum absolute atomic E-state index is 2.33. The number of rotatable bonds is 1. The second-order valence-electron chi connectivity index (χ2n) is 6.96. The SMILES string of the molecule is Cc1ccc(-c2c(C)c3cc(C)ccc3c3ccc(C)cc23)cc1. The number of hydrogen-bond donors (Lipinski definition) is 0. The third kappa shape index (κ3) is 2.30. The molecule has 0 aliphatic rings. The second-order valence-corrected chi connectivity index (χ2v) is 6.96. The first kappa shape index (κ1) is 15.0. The summed E-state index contributed by atoms with van der Waals surface area (Å²) in [6.07, 6.45) is 0. The first-order valence-corrected chi connectivity index (χ1v) is 8.55. The van der Waals surface area contributed by atoms with Crippen molar-refractivity contribution < 1.29 is 0 Å². The topological polar surface area (TPSA) is 0 Å². The second kappa shape index (κ2) is 5.49. The average Bonchev–Trinajstić information content (AvgIpc) is 2.57. The summed E-state index contributed by atoms with van der Waals surface area (Å²) in [6.45, 7) is 8.75. The van der Waals surface area contributed by atoms with Crippen LogP contribution in [0.1, 0.15) is 22.3 Å². The molecule has 0 heteroatoms. The van der Waals surface area contributed by atoms with Gasteiger partial charge in [0.05, 0.1) is 0 Å². The van der Waals surface area contributed by atoms with Crippen molar-refractivity contribution in [1.82, 2.24) is 0 Å². The van der Waals surface area contributed by atoms with Gasteiger partial charge < -0.3 is 0 Å². The minimum absolute atomic E-state index is 1.30. The van der Waals surface area contributed by atoms with Gasteiger partial charge in [-0.15, -0.1) is 0 Å². The van der Waals surface area contributed by atoms with Crippen LogP contribution < -0.4 is 0 Å². The summed E-state index contributed by atoms with van der Waals surface area (Å²) < 4.78 is 0. The van der Waals surface area contributed by atoms with Crippen LogP contribution in [0.4, 0.5) is 0 Å². The highest BCUT2D eigenvalue weighted by Gasteiger charge is 2.13. The number of hydrogen-bond acceptors (Lipinski definition) is 0. The van der Waals surface area contributed by atoms with Gasteiger partial charge in [0.1, 0.15) is 0 Å². The summed E-state index contributed by atoms with van der Waals surface area (Å²) in [7, 11) is 0. The van der Waals surface area contributed by atoms with E-state index in [1.54, 1.807) is 0 Å². The van der Waals surface area contributed by atoms with Crippen molar-refractivity contribution in [3.8, 4) is 11.1 Å². The minimum atomic E-state index is 1.30. The van der Waals surface area contributed by atoms with E-state index < -0.39 is 0 Å². The third-order valence-corrected chi connectivity index (χ3v) is 5.03. The molecule has 4 aromatic rings. The maximum atomic E-state index is 2.33. The molecule has 0 saturated carbocycles. The quantitative estimate of drug-likeness (QED) is 0.336. The highest BCUT2D eigenvalue weighted by atomic mass is 14.2. The predicted molar refractivity (Wildman–Crippen MR) is 106 cm³/mol. The van der Waals surface area contributed by atoms with Crippen LogP contribution in [0.5, 0.6) is 0 Å². The number of fused-ring (bicyclic) bond motifs is 3. The Morgan fingerprint density at radius 3 is 1.58 bits per heavy atom. The molecule has 4 rings (SSSR count). The summed E-state index contributed by atoms with van der Waals surface area (Å²) >= 11 is 0. The Morgan fingerprint density at radius 2 is 0.958 bits per heavy atom. The van der Waals surface area contributed by atoms with Crippen LogP contribution in [0.25, 0.3) is 32.7 Å². The summed E-state index contributed by atoms with van der Waals surface area (Å²) in [5.41, 5.74) is 7.96. The van der Waals surface area contributed by atoms with Gasteiger partial charge in [0.2, 0.25) is 0 Å². The van der Waals surface area contributed by atoms with Crippen molar-refractivity contribution in [2.24, 2.45) is 0 Å². The van der Waals surface area contributed by atoms with Crippen LogP contribution in [-0.2, 0) is 0 Å². The summed E-state index contributed by atoms with van der Waals surface area (Å²) in [5.74, 6) is 0. The summed E-state index contributed by atoms with van der Waals surface area (Å²) in [6, 6.07) is 22.5. The zero-order valence-corrected chi connectivity index (χ0v) is 14.8. The van der Waals surface area contributed by atoms with Gasteiger partial charge in [-0.1, -0.05) is 77.4 Å². The van der Waals surface area contributed by atoms with Crippen LogP contribution in [0, 0.1) is 27.7 Å². The molecule has 0 aromatic heterocycles. The van der Waals surface area contributed by atoms with E-state index in [-0.39, 0.29) is 0 Å². The van der Waals surface area contributed by atoms with E-state index in [2.05, 4.69) is 88.4 Å². The molecule has 0 heterocycles. The Bertz CT molecular complexity index is 1070. The lowest BCUT2D eigenvalue weighted by Crippen LogP contribution is -1.91. The largest absolute Gasteiger partial charge is 0.0587 e. The summed E-state index contributed by atoms with van der Waals surface area (Å²) in [4.78, 5) is 0. The lowest BCUT2D eigenvalue weighted by atomic mass is 9.87. The van der Waals surface area contributed by atoms with E-state index in [1.165, 1.54) is 54.9 Å². The molecule has 0 aliphatic carbocycles. The molecule has 0 amide bonds. The van der Waals surface area contributed by atoms with Crippen molar-refractivity contribution >= 4 is 21.5 Å². The van der Waals surface area contributed by atoms with Crippen molar-refractivity contribution in [3.63, 3.8) is 0 Å². The van der Waals surface area contributed by atoms with Crippen LogP contribution in [0.15, 0.2) is 60.7 Å². The van der Waals surface area contributed by atoms with Crippen molar-refractivity contribution in [2.75, 3.05) is 0 Å². The van der Waals surface area contributed by atoms with E-state index in [1.807, 2.05) is 0 Å². The molecule has 0 aliphatic heterocycles. The molecule has 0 spiro atoms. The normalized spacial score (nSPS) is 11.3. The molecule has 0 nitrogen and oxygen atoms in total. The van der Waals surface area contributed by atoms with E-state index in [0.29, 0.717) is 0 Å². The van der Waals surface area contributed by atoms with Crippen LogP contribution in [0.3, 0.4) is 0 Å². The number of aryl methyl sites for hydroxylation is 4. The predicted octanol–water partition coefficient (Wildman–Crippen LogP) is 6.89. The Balaban J connectivity index is 2.22. The first-order valence-electron chi connectivity index (χ1n) is 8.55. The average molecular weight is 310 g/mol. The van der Waals surface area contributed by atoms with Crippen LogP contribution in [0.2, 0.25) is 0 Å². The van der Waals surface area contributed by atoms with Gasteiger partial charge in [-0.2, -0.15) is 0 Å². The Hall–Kier alpha value is -2.60. The lowest BCUT2D eigenvalue weighted by Gasteiger charge is -2.16. The van der Waals surface area contributed by atoms with Crippen LogP contribution >= 0.6 is 0 Å². The zero-order chi connectivity index (χ0) is 16.8. The minimum Gasteiger partial charge on any atom is -0.0587 e. The van der Waals surface area contributed by atoms with Crippen molar-refractivity contribution in [1.29, 1.82) is 0 Å². The third-order valence-electron chi connectivity index (χ3n) is 5.03. The molecule has 4 aromatic carbocycles. The van der Waals surface area contributed by atoms with E-state index in [0.717, 1.165) is 0 Å². The zero-order valence-electron chi connectivity index (χ0n) is 14.8. The number of benzene rings is 4. The fourth-order valence-electron chi connectivity index (χ4n) is 3.73. The molecule has 0 N–H and O–H groups in total. The fraction of sp³-hybridized carbons (Fsp3) is 0.167.